The summed E-state index contributed by atoms with van der Waals surface area (Å²) in [6.45, 7) is -0.991. The molecule has 0 saturated carbocycles. The number of alkyl halides is 2. The summed E-state index contributed by atoms with van der Waals surface area (Å²) >= 11 is 1.27. The highest BCUT2D eigenvalue weighted by molar-refractivity contribution is 7.98. The van der Waals surface area contributed by atoms with Gasteiger partial charge in [0.15, 0.2) is 5.82 Å². The number of fused-ring (bicyclic) bond motifs is 1. The Morgan fingerprint density at radius 1 is 1.19 bits per heavy atom. The summed E-state index contributed by atoms with van der Waals surface area (Å²) in [5.74, 6) is 6.92. The molecule has 0 fully saturated rings. The van der Waals surface area contributed by atoms with Crippen LogP contribution in [-0.4, -0.2) is 26.6 Å². The lowest BCUT2D eigenvalue weighted by Crippen LogP contribution is -2.11. The Balaban J connectivity index is 1.58. The molecule has 32 heavy (non-hydrogen) atoms. The summed E-state index contributed by atoms with van der Waals surface area (Å²) in [5.41, 5.74) is 1.78. The average Bonchev–Trinajstić information content (AvgIpc) is 3.12. The van der Waals surface area contributed by atoms with Gasteiger partial charge < -0.3 is 20.1 Å². The molecule has 11 heteroatoms. The van der Waals surface area contributed by atoms with E-state index in [0.717, 1.165) is 5.56 Å². The van der Waals surface area contributed by atoms with Crippen molar-refractivity contribution >= 4 is 22.7 Å². The molecule has 0 saturated heterocycles. The maximum atomic E-state index is 12.3. The van der Waals surface area contributed by atoms with Crippen LogP contribution in [-0.2, 0) is 12.2 Å². The number of phenols is 1. The molecule has 0 aliphatic heterocycles. The SMILES string of the molecule is CCc1cc2c(CSc3nnc(-c4ccc(OC(F)F)cc4)n3N)cc(=O)oc2cc1O. The molecular weight excluding hydrogens is 442 g/mol. The zero-order valence-corrected chi connectivity index (χ0v) is 17.6. The number of phenolic OH excluding ortho intramolecular Hbond substituents is 1. The molecule has 2 aromatic carbocycles. The Morgan fingerprint density at radius 2 is 1.94 bits per heavy atom. The van der Waals surface area contributed by atoms with E-state index in [1.54, 1.807) is 18.2 Å². The Kier molecular flexibility index (Phi) is 5.99. The Labute approximate surface area is 184 Å². The molecule has 0 aliphatic rings. The number of halogens is 2. The lowest BCUT2D eigenvalue weighted by atomic mass is 10.1. The van der Waals surface area contributed by atoms with E-state index in [4.69, 9.17) is 10.3 Å². The van der Waals surface area contributed by atoms with Crippen molar-refractivity contribution < 1.29 is 23.0 Å². The first-order valence-electron chi connectivity index (χ1n) is 9.53. The van der Waals surface area contributed by atoms with Crippen LogP contribution >= 0.6 is 11.8 Å². The number of aromatic nitrogens is 3. The lowest BCUT2D eigenvalue weighted by Gasteiger charge is -2.09. The quantitative estimate of drug-likeness (QED) is 0.242. The van der Waals surface area contributed by atoms with Gasteiger partial charge in [0.1, 0.15) is 17.1 Å². The van der Waals surface area contributed by atoms with Crippen LogP contribution in [0.1, 0.15) is 18.1 Å². The van der Waals surface area contributed by atoms with Gasteiger partial charge in [-0.3, -0.25) is 0 Å². The van der Waals surface area contributed by atoms with Gasteiger partial charge in [0.2, 0.25) is 5.16 Å². The third kappa shape index (κ3) is 4.37. The summed E-state index contributed by atoms with van der Waals surface area (Å²) in [4.78, 5) is 12.0. The van der Waals surface area contributed by atoms with E-state index in [-0.39, 0.29) is 11.5 Å². The van der Waals surface area contributed by atoms with Crippen molar-refractivity contribution in [1.82, 2.24) is 14.9 Å². The van der Waals surface area contributed by atoms with Crippen molar-refractivity contribution in [2.24, 2.45) is 0 Å². The van der Waals surface area contributed by atoms with Gasteiger partial charge in [-0.15, -0.1) is 10.2 Å². The van der Waals surface area contributed by atoms with Gasteiger partial charge >= 0.3 is 12.2 Å². The summed E-state index contributed by atoms with van der Waals surface area (Å²) in [7, 11) is 0. The van der Waals surface area contributed by atoms with Crippen LogP contribution in [0, 0.1) is 0 Å². The van der Waals surface area contributed by atoms with Crippen LogP contribution in [0.5, 0.6) is 11.5 Å². The highest BCUT2D eigenvalue weighted by atomic mass is 32.2. The largest absolute Gasteiger partial charge is 0.508 e. The first kappa shape index (κ1) is 21.6. The van der Waals surface area contributed by atoms with Crippen LogP contribution < -0.4 is 16.2 Å². The minimum Gasteiger partial charge on any atom is -0.508 e. The van der Waals surface area contributed by atoms with Crippen molar-refractivity contribution in [1.29, 1.82) is 0 Å². The second kappa shape index (κ2) is 8.87. The molecular formula is C21H18F2N4O4S. The normalized spacial score (nSPS) is 11.4. The standard InChI is InChI=1S/C21H18F2N4O4S/c1-2-11-7-15-13(8-18(29)31-17(15)9-16(11)28)10-32-21-26-25-19(27(21)24)12-3-5-14(6-4-12)30-20(22)23/h3-9,20,28H,2,10,24H2,1H3. The van der Waals surface area contributed by atoms with E-state index >= 15 is 0 Å². The highest BCUT2D eigenvalue weighted by Crippen LogP contribution is 2.31. The highest BCUT2D eigenvalue weighted by Gasteiger charge is 2.15. The number of hydrogen-bond acceptors (Lipinski definition) is 8. The van der Waals surface area contributed by atoms with Gasteiger partial charge in [-0.1, -0.05) is 18.7 Å². The molecule has 0 aliphatic carbocycles. The molecule has 166 valence electrons. The number of nitrogens with two attached hydrogens (primary N) is 1. The topological polar surface area (TPSA) is 116 Å². The fraction of sp³-hybridized carbons (Fsp3) is 0.190. The van der Waals surface area contributed by atoms with Gasteiger partial charge in [0.25, 0.3) is 0 Å². The molecule has 8 nitrogen and oxygen atoms in total. The number of aryl methyl sites for hydroxylation is 1. The molecule has 2 aromatic heterocycles. The summed E-state index contributed by atoms with van der Waals surface area (Å²) in [6.07, 6.45) is 0.620. The van der Waals surface area contributed by atoms with Gasteiger partial charge in [0.05, 0.1) is 0 Å². The minimum absolute atomic E-state index is 0.0220. The van der Waals surface area contributed by atoms with Crippen molar-refractivity contribution in [3.8, 4) is 22.9 Å². The summed E-state index contributed by atoms with van der Waals surface area (Å²) in [5, 5.41) is 19.3. The predicted octanol–water partition coefficient (Wildman–Crippen LogP) is 3.93. The third-order valence-corrected chi connectivity index (χ3v) is 5.76. The first-order chi connectivity index (χ1) is 15.4. The molecule has 3 N–H and O–H groups in total. The second-order valence-electron chi connectivity index (χ2n) is 6.79. The number of nitrogens with zero attached hydrogens (tertiary/aromatic N) is 3. The second-order valence-corrected chi connectivity index (χ2v) is 7.73. The van der Waals surface area contributed by atoms with E-state index in [1.807, 2.05) is 6.92 Å². The van der Waals surface area contributed by atoms with Crippen molar-refractivity contribution in [3.63, 3.8) is 0 Å². The van der Waals surface area contributed by atoms with E-state index in [0.29, 0.717) is 45.3 Å². The van der Waals surface area contributed by atoms with E-state index in [9.17, 15) is 18.7 Å². The average molecular weight is 460 g/mol. The molecule has 2 heterocycles. The Hall–Kier alpha value is -3.60. The van der Waals surface area contributed by atoms with Gasteiger partial charge in [-0.05, 0) is 47.9 Å². The van der Waals surface area contributed by atoms with Crippen LogP contribution in [0.4, 0.5) is 8.78 Å². The molecule has 0 radical (unpaired) electrons. The summed E-state index contributed by atoms with van der Waals surface area (Å²) in [6, 6.07) is 10.5. The Bertz CT molecular complexity index is 1320. The minimum atomic E-state index is -2.91. The maximum Gasteiger partial charge on any atom is 0.387 e. The number of hydrogen-bond donors (Lipinski definition) is 2. The van der Waals surface area contributed by atoms with Crippen molar-refractivity contribution in [2.75, 3.05) is 5.84 Å². The number of benzene rings is 2. The predicted molar refractivity (Wildman–Crippen MR) is 115 cm³/mol. The number of ether oxygens (including phenoxy) is 1. The summed E-state index contributed by atoms with van der Waals surface area (Å²) < 4.78 is 35.5. The van der Waals surface area contributed by atoms with Crippen molar-refractivity contribution in [3.05, 3.63) is 64.0 Å². The van der Waals surface area contributed by atoms with Crippen LogP contribution in [0.2, 0.25) is 0 Å². The van der Waals surface area contributed by atoms with Crippen molar-refractivity contribution in [2.45, 2.75) is 30.9 Å². The third-order valence-electron chi connectivity index (χ3n) is 4.77. The van der Waals surface area contributed by atoms with Crippen LogP contribution in [0.3, 0.4) is 0 Å². The molecule has 0 spiro atoms. The lowest BCUT2D eigenvalue weighted by molar-refractivity contribution is -0.0498. The van der Waals surface area contributed by atoms with E-state index in [1.165, 1.54) is 40.7 Å². The fourth-order valence-electron chi connectivity index (χ4n) is 3.21. The number of rotatable bonds is 7. The van der Waals surface area contributed by atoms with Gasteiger partial charge in [-0.2, -0.15) is 8.78 Å². The number of nitrogen functional groups attached to an aromatic ring is 1. The van der Waals surface area contributed by atoms with Crippen LogP contribution in [0.15, 0.2) is 56.8 Å². The number of aromatic hydroxyl groups is 1. The maximum absolute atomic E-state index is 12.3. The zero-order valence-electron chi connectivity index (χ0n) is 16.8. The molecule has 4 rings (SSSR count). The molecule has 0 amide bonds. The molecule has 0 bridgehead atoms. The Morgan fingerprint density at radius 3 is 2.62 bits per heavy atom. The molecule has 0 unspecified atom stereocenters. The number of thioether (sulfide) groups is 1. The molecule has 4 aromatic rings. The zero-order chi connectivity index (χ0) is 22.8. The van der Waals surface area contributed by atoms with E-state index < -0.39 is 12.2 Å². The molecule has 0 atom stereocenters. The van der Waals surface area contributed by atoms with Gasteiger partial charge in [-0.25, -0.2) is 9.47 Å². The van der Waals surface area contributed by atoms with E-state index in [2.05, 4.69) is 14.9 Å². The van der Waals surface area contributed by atoms with Crippen LogP contribution in [0.25, 0.3) is 22.4 Å². The monoisotopic (exact) mass is 460 g/mol. The first-order valence-corrected chi connectivity index (χ1v) is 10.5. The van der Waals surface area contributed by atoms with Gasteiger partial charge in [0, 0.05) is 28.8 Å². The fourth-order valence-corrected chi connectivity index (χ4v) is 4.06. The smallest absolute Gasteiger partial charge is 0.387 e.